The van der Waals surface area contributed by atoms with Gasteiger partial charge in [0.25, 0.3) is 0 Å². The summed E-state index contributed by atoms with van der Waals surface area (Å²) in [5.74, 6) is 0.0358. The van der Waals surface area contributed by atoms with Gasteiger partial charge in [0.1, 0.15) is 0 Å². The van der Waals surface area contributed by atoms with Crippen LogP contribution in [0.15, 0.2) is 12.2 Å². The lowest BCUT2D eigenvalue weighted by Gasteiger charge is -2.08. The number of carbonyl (C=O) groups excluding carboxylic acids is 1. The van der Waals surface area contributed by atoms with E-state index in [0.29, 0.717) is 11.6 Å². The SMILES string of the molecule is CCCCCCCC/C=C/CCCCCCCC(=O)Nc1nnc(NCCN(C)C)s1. The Morgan fingerprint density at radius 1 is 0.871 bits per heavy atom. The van der Waals surface area contributed by atoms with Crippen LogP contribution in [0.4, 0.5) is 10.3 Å². The second-order valence-corrected chi connectivity index (χ2v) is 9.50. The zero-order chi connectivity index (χ0) is 22.6. The molecule has 0 aliphatic carbocycles. The molecule has 2 N–H and O–H groups in total. The number of carbonyl (C=O) groups is 1. The molecule has 1 amide bonds. The summed E-state index contributed by atoms with van der Waals surface area (Å²) in [5, 5.41) is 15.5. The molecule has 6 nitrogen and oxygen atoms in total. The summed E-state index contributed by atoms with van der Waals surface area (Å²) in [5.41, 5.74) is 0. The minimum Gasteiger partial charge on any atom is -0.359 e. The van der Waals surface area contributed by atoms with Crippen molar-refractivity contribution in [1.29, 1.82) is 0 Å². The van der Waals surface area contributed by atoms with Gasteiger partial charge in [-0.3, -0.25) is 4.79 Å². The lowest BCUT2D eigenvalue weighted by molar-refractivity contribution is -0.116. The fourth-order valence-electron chi connectivity index (χ4n) is 3.27. The number of rotatable bonds is 20. The standard InChI is InChI=1S/C24H45N5OS/c1-4-5-6-7-8-9-10-11-12-13-14-15-16-17-18-19-22(30)26-24-28-27-23(31-24)25-20-21-29(2)3/h11-12H,4-10,13-21H2,1-3H3,(H,25,27)(H,26,28,30)/b12-11+. The fourth-order valence-corrected chi connectivity index (χ4v) is 3.96. The average molecular weight is 452 g/mol. The first-order valence-corrected chi connectivity index (χ1v) is 13.1. The van der Waals surface area contributed by atoms with Gasteiger partial charge in [0.15, 0.2) is 0 Å². The van der Waals surface area contributed by atoms with Crippen molar-refractivity contribution in [1.82, 2.24) is 15.1 Å². The lowest BCUT2D eigenvalue weighted by Crippen LogP contribution is -2.20. The molecule has 0 aliphatic rings. The number of hydrogen-bond acceptors (Lipinski definition) is 6. The van der Waals surface area contributed by atoms with E-state index >= 15 is 0 Å². The maximum absolute atomic E-state index is 12.1. The second-order valence-electron chi connectivity index (χ2n) is 8.52. The number of allylic oxidation sites excluding steroid dienone is 2. The molecule has 0 aliphatic heterocycles. The Morgan fingerprint density at radius 3 is 2.10 bits per heavy atom. The first-order valence-electron chi connectivity index (χ1n) is 12.3. The third kappa shape index (κ3) is 16.8. The Kier molecular flexibility index (Phi) is 17.1. The van der Waals surface area contributed by atoms with Crippen LogP contribution in [-0.2, 0) is 4.79 Å². The van der Waals surface area contributed by atoms with Crippen molar-refractivity contribution < 1.29 is 4.79 Å². The van der Waals surface area contributed by atoms with Crippen LogP contribution in [0, 0.1) is 0 Å². The molecule has 0 unspecified atom stereocenters. The Labute approximate surface area is 194 Å². The maximum atomic E-state index is 12.1. The molecule has 0 saturated heterocycles. The van der Waals surface area contributed by atoms with Crippen LogP contribution < -0.4 is 10.6 Å². The molecule has 31 heavy (non-hydrogen) atoms. The van der Waals surface area contributed by atoms with Crippen LogP contribution in [-0.4, -0.2) is 48.2 Å². The molecule has 178 valence electrons. The number of aromatic nitrogens is 2. The van der Waals surface area contributed by atoms with Crippen LogP contribution in [0.1, 0.15) is 96.8 Å². The first-order chi connectivity index (χ1) is 15.1. The fraction of sp³-hybridized carbons (Fsp3) is 0.792. The summed E-state index contributed by atoms with van der Waals surface area (Å²) in [6.45, 7) is 4.00. The second kappa shape index (κ2) is 19.2. The van der Waals surface area contributed by atoms with Crippen molar-refractivity contribution in [2.24, 2.45) is 0 Å². The van der Waals surface area contributed by atoms with Crippen LogP contribution >= 0.6 is 11.3 Å². The Hall–Kier alpha value is -1.47. The van der Waals surface area contributed by atoms with Gasteiger partial charge < -0.3 is 15.5 Å². The number of anilines is 2. The molecule has 1 rings (SSSR count). The van der Waals surface area contributed by atoms with Crippen molar-refractivity contribution in [3.05, 3.63) is 12.2 Å². The van der Waals surface area contributed by atoms with E-state index in [4.69, 9.17) is 0 Å². The van der Waals surface area contributed by atoms with Gasteiger partial charge >= 0.3 is 0 Å². The first kappa shape index (κ1) is 27.6. The highest BCUT2D eigenvalue weighted by molar-refractivity contribution is 7.19. The van der Waals surface area contributed by atoms with Gasteiger partial charge in [0.05, 0.1) is 0 Å². The molecule has 7 heteroatoms. The number of likely N-dealkylation sites (N-methyl/N-ethyl adjacent to an activating group) is 1. The summed E-state index contributed by atoms with van der Waals surface area (Å²) in [7, 11) is 4.06. The normalized spacial score (nSPS) is 11.5. The minimum atomic E-state index is 0.0358. The average Bonchev–Trinajstić information content (AvgIpc) is 3.17. The third-order valence-corrected chi connectivity index (χ3v) is 5.97. The number of hydrogen-bond donors (Lipinski definition) is 2. The predicted octanol–water partition coefficient (Wildman–Crippen LogP) is 6.49. The monoisotopic (exact) mass is 451 g/mol. The van der Waals surface area contributed by atoms with E-state index in [2.05, 4.69) is 44.8 Å². The van der Waals surface area contributed by atoms with E-state index in [9.17, 15) is 4.79 Å². The molecule has 0 aromatic carbocycles. The molecular weight excluding hydrogens is 406 g/mol. The van der Waals surface area contributed by atoms with Crippen molar-refractivity contribution in [2.45, 2.75) is 96.8 Å². The molecule has 0 fully saturated rings. The van der Waals surface area contributed by atoms with Crippen LogP contribution in [0.25, 0.3) is 0 Å². The van der Waals surface area contributed by atoms with Gasteiger partial charge in [-0.1, -0.05) is 81.8 Å². The van der Waals surface area contributed by atoms with Crippen LogP contribution in [0.2, 0.25) is 0 Å². The minimum absolute atomic E-state index is 0.0358. The largest absolute Gasteiger partial charge is 0.359 e. The molecule has 0 radical (unpaired) electrons. The number of unbranched alkanes of at least 4 members (excludes halogenated alkanes) is 11. The summed E-state index contributed by atoms with van der Waals surface area (Å²) in [6.07, 6.45) is 21.7. The van der Waals surface area contributed by atoms with Gasteiger partial charge in [-0.05, 0) is 46.2 Å². The van der Waals surface area contributed by atoms with Gasteiger partial charge in [0, 0.05) is 19.5 Å². The van der Waals surface area contributed by atoms with Gasteiger partial charge in [-0.15, -0.1) is 10.2 Å². The van der Waals surface area contributed by atoms with Crippen molar-refractivity contribution in [2.75, 3.05) is 37.8 Å². The molecular formula is C24H45N5OS. The Morgan fingerprint density at radius 2 is 1.45 bits per heavy atom. The van der Waals surface area contributed by atoms with Gasteiger partial charge in [0.2, 0.25) is 16.2 Å². The molecule has 0 atom stereocenters. The topological polar surface area (TPSA) is 70.1 Å². The molecule has 1 heterocycles. The van der Waals surface area contributed by atoms with E-state index in [1.54, 1.807) is 0 Å². The highest BCUT2D eigenvalue weighted by Gasteiger charge is 2.08. The smallest absolute Gasteiger partial charge is 0.226 e. The molecule has 0 spiro atoms. The zero-order valence-electron chi connectivity index (χ0n) is 20.1. The van der Waals surface area contributed by atoms with E-state index in [-0.39, 0.29) is 5.91 Å². The highest BCUT2D eigenvalue weighted by Crippen LogP contribution is 2.20. The van der Waals surface area contributed by atoms with E-state index in [1.165, 1.54) is 82.0 Å². The maximum Gasteiger partial charge on any atom is 0.226 e. The van der Waals surface area contributed by atoms with E-state index in [1.807, 2.05) is 14.1 Å². The molecule has 0 bridgehead atoms. The van der Waals surface area contributed by atoms with Crippen molar-refractivity contribution in [3.63, 3.8) is 0 Å². The van der Waals surface area contributed by atoms with E-state index in [0.717, 1.165) is 31.1 Å². The van der Waals surface area contributed by atoms with Crippen LogP contribution in [0.5, 0.6) is 0 Å². The van der Waals surface area contributed by atoms with Gasteiger partial charge in [-0.2, -0.15) is 0 Å². The number of nitrogens with zero attached hydrogens (tertiary/aromatic N) is 3. The number of nitrogens with one attached hydrogen (secondary N) is 2. The summed E-state index contributed by atoms with van der Waals surface area (Å²) in [4.78, 5) is 14.2. The predicted molar refractivity (Wildman–Crippen MR) is 135 cm³/mol. The quantitative estimate of drug-likeness (QED) is 0.175. The lowest BCUT2D eigenvalue weighted by atomic mass is 10.1. The van der Waals surface area contributed by atoms with E-state index < -0.39 is 0 Å². The summed E-state index contributed by atoms with van der Waals surface area (Å²) >= 11 is 1.39. The highest BCUT2D eigenvalue weighted by atomic mass is 32.1. The van der Waals surface area contributed by atoms with Crippen molar-refractivity contribution in [3.8, 4) is 0 Å². The zero-order valence-corrected chi connectivity index (χ0v) is 20.9. The summed E-state index contributed by atoms with van der Waals surface area (Å²) < 4.78 is 0. The molecule has 0 saturated carbocycles. The van der Waals surface area contributed by atoms with Crippen molar-refractivity contribution >= 4 is 27.5 Å². The summed E-state index contributed by atoms with van der Waals surface area (Å²) in [6, 6.07) is 0. The number of amides is 1. The Balaban J connectivity index is 1.92. The third-order valence-electron chi connectivity index (χ3n) is 5.17. The molecule has 1 aromatic heterocycles. The van der Waals surface area contributed by atoms with Crippen LogP contribution in [0.3, 0.4) is 0 Å². The Bertz CT molecular complexity index is 588. The van der Waals surface area contributed by atoms with Gasteiger partial charge in [-0.25, -0.2) is 0 Å². The molecule has 1 aromatic rings.